The third-order valence-corrected chi connectivity index (χ3v) is 7.32. The predicted octanol–water partition coefficient (Wildman–Crippen LogP) is -7.41. The van der Waals surface area contributed by atoms with Gasteiger partial charge >= 0.3 is 17.9 Å². The molecule has 1 atom stereocenters. The molecule has 0 aromatic heterocycles. The number of phenolic OH excluding ortho intramolecular Hbond substituents is 1. The van der Waals surface area contributed by atoms with Crippen LogP contribution in [0.15, 0.2) is 24.3 Å². The van der Waals surface area contributed by atoms with Gasteiger partial charge in [-0.05, 0) is 24.7 Å². The molecule has 324 valence electrons. The van der Waals surface area contributed by atoms with Crippen LogP contribution in [-0.4, -0.2) is 198 Å². The van der Waals surface area contributed by atoms with E-state index in [1.54, 1.807) is 0 Å². The van der Waals surface area contributed by atoms with Crippen molar-refractivity contribution in [1.82, 2.24) is 51.9 Å². The number of aliphatic carboxylic acids is 3. The summed E-state index contributed by atoms with van der Waals surface area (Å²) in [6, 6.07) is 4.68. The number of nitrogens with zero attached hydrogens (tertiary/aromatic N) is 3. The van der Waals surface area contributed by atoms with Gasteiger partial charge in [-0.2, -0.15) is 0 Å². The fraction of sp³-hybridized carbons (Fsp3) is 0.455. The highest BCUT2D eigenvalue weighted by molar-refractivity contribution is 5.94. The number of carbonyl (C=O) groups excluding carboxylic acids is 9. The van der Waals surface area contributed by atoms with E-state index in [9.17, 15) is 67.7 Å². The molecule has 0 heterocycles. The number of hydrogen-bond donors (Lipinski definition) is 11. The van der Waals surface area contributed by atoms with Crippen molar-refractivity contribution >= 4 is 71.6 Å². The van der Waals surface area contributed by atoms with Crippen LogP contribution in [0.25, 0.3) is 0 Å². The molecule has 0 radical (unpaired) electrons. The number of carboxylic acid groups (broad SMARTS) is 3. The van der Waals surface area contributed by atoms with Crippen molar-refractivity contribution in [1.29, 1.82) is 0 Å². The van der Waals surface area contributed by atoms with Gasteiger partial charge in [-0.25, -0.2) is 0 Å². The summed E-state index contributed by atoms with van der Waals surface area (Å²) in [6.07, 6.45) is 0.288. The summed E-state index contributed by atoms with van der Waals surface area (Å²) in [7, 11) is 1.41. The first-order chi connectivity index (χ1) is 27.8. The Kier molecular flexibility index (Phi) is 22.3. The molecule has 0 bridgehead atoms. The van der Waals surface area contributed by atoms with Crippen LogP contribution in [0, 0.1) is 0 Å². The SMILES string of the molecule is CN(CC(=O)O)CC(=O)NCCNC(=O)CN(CC(=O)O)C(=O)CNC(=O)CNC(=O)CN(CC(=O)O)C(=O)CNC(=O)CNC(=O)[C@H](Cc1ccc(O)cc1)NC=O. The van der Waals surface area contributed by atoms with E-state index >= 15 is 0 Å². The summed E-state index contributed by atoms with van der Waals surface area (Å²) in [5.74, 6) is -11.2. The lowest BCUT2D eigenvalue weighted by Crippen LogP contribution is -2.51. The molecule has 0 aliphatic rings. The number of rotatable bonds is 28. The van der Waals surface area contributed by atoms with Crippen LogP contribution < -0.4 is 37.2 Å². The predicted molar refractivity (Wildman–Crippen MR) is 196 cm³/mol. The molecule has 9 amide bonds. The van der Waals surface area contributed by atoms with Gasteiger partial charge < -0.3 is 67.4 Å². The lowest BCUT2D eigenvalue weighted by Gasteiger charge is -2.21. The zero-order valence-corrected chi connectivity index (χ0v) is 31.7. The zero-order valence-electron chi connectivity index (χ0n) is 31.7. The molecule has 0 aliphatic heterocycles. The zero-order chi connectivity index (χ0) is 44.5. The first kappa shape index (κ1) is 49.6. The van der Waals surface area contributed by atoms with Crippen LogP contribution in [0.5, 0.6) is 5.75 Å². The van der Waals surface area contributed by atoms with Crippen molar-refractivity contribution in [2.24, 2.45) is 0 Å². The van der Waals surface area contributed by atoms with Gasteiger partial charge in [0.15, 0.2) is 0 Å². The summed E-state index contributed by atoms with van der Waals surface area (Å²) < 4.78 is 0. The average Bonchev–Trinajstić information content (AvgIpc) is 3.15. The second-order valence-corrected chi connectivity index (χ2v) is 12.3. The number of benzene rings is 1. The Labute approximate surface area is 335 Å². The quantitative estimate of drug-likeness (QED) is 0.0276. The molecule has 0 spiro atoms. The van der Waals surface area contributed by atoms with E-state index in [1.807, 2.05) is 0 Å². The number of aromatic hydroxyl groups is 1. The smallest absolute Gasteiger partial charge is 0.323 e. The number of carboxylic acids is 3. The van der Waals surface area contributed by atoms with Crippen molar-refractivity contribution in [2.75, 3.05) is 85.6 Å². The van der Waals surface area contributed by atoms with Crippen LogP contribution >= 0.6 is 0 Å². The van der Waals surface area contributed by atoms with Gasteiger partial charge in [-0.15, -0.1) is 0 Å². The number of carbonyl (C=O) groups is 12. The summed E-state index contributed by atoms with van der Waals surface area (Å²) >= 11 is 0. The highest BCUT2D eigenvalue weighted by Gasteiger charge is 2.24. The third kappa shape index (κ3) is 22.7. The maximum atomic E-state index is 12.7. The van der Waals surface area contributed by atoms with E-state index in [0.29, 0.717) is 15.4 Å². The van der Waals surface area contributed by atoms with Crippen molar-refractivity contribution < 1.29 is 78.0 Å². The molecule has 1 aromatic carbocycles. The number of hydrogen-bond acceptors (Lipinski definition) is 14. The first-order valence-electron chi connectivity index (χ1n) is 17.3. The number of phenols is 1. The molecule has 0 unspecified atom stereocenters. The van der Waals surface area contributed by atoms with Crippen molar-refractivity contribution in [3.8, 4) is 5.75 Å². The fourth-order valence-corrected chi connectivity index (χ4v) is 4.58. The van der Waals surface area contributed by atoms with Crippen LogP contribution in [0.2, 0.25) is 0 Å². The Morgan fingerprint density at radius 3 is 1.44 bits per heavy atom. The molecule has 26 heteroatoms. The second-order valence-electron chi connectivity index (χ2n) is 12.3. The molecule has 11 N–H and O–H groups in total. The Hall–Kier alpha value is -7.38. The normalized spacial score (nSPS) is 10.8. The Morgan fingerprint density at radius 2 is 0.983 bits per heavy atom. The Balaban J connectivity index is 2.55. The average molecular weight is 839 g/mol. The molecule has 0 fully saturated rings. The van der Waals surface area contributed by atoms with E-state index < -0.39 is 124 Å². The van der Waals surface area contributed by atoms with Gasteiger partial charge in [0.05, 0.1) is 39.3 Å². The lowest BCUT2D eigenvalue weighted by atomic mass is 10.1. The summed E-state index contributed by atoms with van der Waals surface area (Å²) in [4.78, 5) is 146. The number of nitrogens with one attached hydrogen (secondary N) is 7. The Bertz CT molecular complexity index is 1710. The number of amides is 9. The minimum atomic E-state index is -1.53. The highest BCUT2D eigenvalue weighted by Crippen LogP contribution is 2.11. The van der Waals surface area contributed by atoms with E-state index in [1.165, 1.54) is 36.2 Å². The molecular weight excluding hydrogens is 792 g/mol. The van der Waals surface area contributed by atoms with E-state index in [-0.39, 0.29) is 44.8 Å². The van der Waals surface area contributed by atoms with Gasteiger partial charge in [0, 0.05) is 19.5 Å². The molecule has 26 nitrogen and oxygen atoms in total. The van der Waals surface area contributed by atoms with E-state index in [4.69, 9.17) is 10.2 Å². The number of likely N-dealkylation sites (N-methyl/N-ethyl adjacent to an activating group) is 1. The van der Waals surface area contributed by atoms with Crippen LogP contribution in [0.3, 0.4) is 0 Å². The van der Waals surface area contributed by atoms with E-state index in [2.05, 4.69) is 37.2 Å². The monoisotopic (exact) mass is 838 g/mol. The molecule has 0 aliphatic carbocycles. The van der Waals surface area contributed by atoms with Crippen molar-refractivity contribution in [3.05, 3.63) is 29.8 Å². The molecule has 59 heavy (non-hydrogen) atoms. The van der Waals surface area contributed by atoms with Gasteiger partial charge in [-0.3, -0.25) is 62.4 Å². The van der Waals surface area contributed by atoms with Gasteiger partial charge in [0.1, 0.15) is 38.0 Å². The molecular formula is C33H46N10O16. The minimum Gasteiger partial charge on any atom is -0.508 e. The van der Waals surface area contributed by atoms with Gasteiger partial charge in [0.25, 0.3) is 0 Å². The Morgan fingerprint density at radius 1 is 0.559 bits per heavy atom. The third-order valence-electron chi connectivity index (χ3n) is 7.32. The minimum absolute atomic E-state index is 0.00898. The fourth-order valence-electron chi connectivity index (χ4n) is 4.58. The van der Waals surface area contributed by atoms with Crippen LogP contribution in [0.1, 0.15) is 5.56 Å². The topological polar surface area (TPSA) is 380 Å². The largest absolute Gasteiger partial charge is 0.508 e. The molecule has 0 saturated carbocycles. The maximum absolute atomic E-state index is 12.7. The second kappa shape index (κ2) is 26.5. The van der Waals surface area contributed by atoms with Crippen LogP contribution in [-0.2, 0) is 64.0 Å². The van der Waals surface area contributed by atoms with Gasteiger partial charge in [0.2, 0.25) is 53.7 Å². The summed E-state index contributed by atoms with van der Waals surface area (Å²) in [5, 5.41) is 52.2. The summed E-state index contributed by atoms with van der Waals surface area (Å²) in [6.45, 7) is -7.47. The standard InChI is InChI=1S/C33H46N10O16/c1-41(16-30(53)54)13-25(48)34-6-7-35-26(49)14-42(17-31(55)56)28(51)11-37-23(46)9-36-27(50)15-43(18-32(57)58)29(52)12-38-24(47)10-39-33(59)22(40-19-44)8-20-2-4-21(45)5-3-20/h2-5,19,22,45H,6-18H2,1H3,(H,34,48)(H,35,49)(H,36,50)(H,37,46)(H,38,47)(H,39,59)(H,40,44)(H,53,54)(H,55,56)(H,57,58)/t22-/m0/s1. The summed E-state index contributed by atoms with van der Waals surface area (Å²) in [5.41, 5.74) is 0.575. The maximum Gasteiger partial charge on any atom is 0.323 e. The first-order valence-corrected chi connectivity index (χ1v) is 17.3. The van der Waals surface area contributed by atoms with Crippen molar-refractivity contribution in [3.63, 3.8) is 0 Å². The van der Waals surface area contributed by atoms with E-state index in [0.717, 1.165) is 0 Å². The molecule has 1 rings (SSSR count). The molecule has 0 saturated heterocycles. The lowest BCUT2D eigenvalue weighted by molar-refractivity contribution is -0.146. The molecule has 1 aromatic rings. The van der Waals surface area contributed by atoms with Crippen LogP contribution in [0.4, 0.5) is 0 Å². The van der Waals surface area contributed by atoms with Crippen molar-refractivity contribution in [2.45, 2.75) is 12.5 Å². The van der Waals surface area contributed by atoms with Gasteiger partial charge in [-0.1, -0.05) is 12.1 Å². The highest BCUT2D eigenvalue weighted by atomic mass is 16.4.